The molecule has 2 atom stereocenters. The molecule has 2 fully saturated rings. The lowest BCUT2D eigenvalue weighted by molar-refractivity contribution is -0.0166. The Morgan fingerprint density at radius 3 is 1.71 bits per heavy atom. The molecule has 0 bridgehead atoms. The van der Waals surface area contributed by atoms with Crippen LogP contribution in [0.3, 0.4) is 0 Å². The van der Waals surface area contributed by atoms with Gasteiger partial charge in [0.1, 0.15) is 0 Å². The van der Waals surface area contributed by atoms with Gasteiger partial charge in [-0.2, -0.15) is 0 Å². The Kier molecular flexibility index (Phi) is 6.10. The van der Waals surface area contributed by atoms with Crippen LogP contribution in [0.2, 0.25) is 0 Å². The van der Waals surface area contributed by atoms with E-state index < -0.39 is 0 Å². The SMILES string of the molecule is C1COCCN1.CC1CNCC(C)O1. The molecule has 0 aromatic rings. The second-order valence-electron chi connectivity index (χ2n) is 3.78. The first-order chi connectivity index (χ1) is 6.79. The molecular formula is C10H22N2O2. The van der Waals surface area contributed by atoms with Crippen molar-refractivity contribution >= 4 is 0 Å². The smallest absolute Gasteiger partial charge is 0.0675 e. The summed E-state index contributed by atoms with van der Waals surface area (Å²) in [7, 11) is 0. The van der Waals surface area contributed by atoms with E-state index in [9.17, 15) is 0 Å². The third-order valence-electron chi connectivity index (χ3n) is 2.17. The van der Waals surface area contributed by atoms with Gasteiger partial charge in [-0.1, -0.05) is 0 Å². The van der Waals surface area contributed by atoms with Gasteiger partial charge in [-0.3, -0.25) is 0 Å². The zero-order valence-corrected chi connectivity index (χ0v) is 9.21. The third-order valence-corrected chi connectivity index (χ3v) is 2.17. The van der Waals surface area contributed by atoms with E-state index >= 15 is 0 Å². The molecule has 2 aliphatic rings. The lowest BCUT2D eigenvalue weighted by Crippen LogP contribution is -2.41. The summed E-state index contributed by atoms with van der Waals surface area (Å²) in [5, 5.41) is 6.42. The first-order valence-electron chi connectivity index (χ1n) is 5.43. The molecular weight excluding hydrogens is 180 g/mol. The maximum absolute atomic E-state index is 5.42. The summed E-state index contributed by atoms with van der Waals surface area (Å²) in [5.74, 6) is 0. The lowest BCUT2D eigenvalue weighted by Gasteiger charge is -2.25. The number of hydrogen-bond donors (Lipinski definition) is 2. The largest absolute Gasteiger partial charge is 0.379 e. The van der Waals surface area contributed by atoms with Crippen LogP contribution in [0.5, 0.6) is 0 Å². The molecule has 0 spiro atoms. The third kappa shape index (κ3) is 5.54. The summed E-state index contributed by atoms with van der Waals surface area (Å²) in [6.07, 6.45) is 0.803. The van der Waals surface area contributed by atoms with Gasteiger partial charge in [0.2, 0.25) is 0 Å². The Balaban J connectivity index is 0.000000146. The van der Waals surface area contributed by atoms with E-state index in [1.54, 1.807) is 0 Å². The van der Waals surface area contributed by atoms with Crippen LogP contribution in [-0.4, -0.2) is 51.6 Å². The first kappa shape index (κ1) is 11.9. The van der Waals surface area contributed by atoms with Gasteiger partial charge in [0.25, 0.3) is 0 Å². The summed E-state index contributed by atoms with van der Waals surface area (Å²) in [5.41, 5.74) is 0. The Bertz CT molecular complexity index is 121. The average Bonchev–Trinajstić information content (AvgIpc) is 2.21. The number of morpholine rings is 2. The molecule has 14 heavy (non-hydrogen) atoms. The molecule has 0 amide bonds. The van der Waals surface area contributed by atoms with Gasteiger partial charge < -0.3 is 20.1 Å². The summed E-state index contributed by atoms with van der Waals surface area (Å²) in [6, 6.07) is 0. The summed E-state index contributed by atoms with van der Waals surface area (Å²) in [6.45, 7) is 10.0. The van der Waals surface area contributed by atoms with Crippen molar-refractivity contribution in [2.45, 2.75) is 26.1 Å². The van der Waals surface area contributed by atoms with Crippen molar-refractivity contribution in [2.75, 3.05) is 39.4 Å². The molecule has 2 unspecified atom stereocenters. The molecule has 0 aliphatic carbocycles. The standard InChI is InChI=1S/C6H13NO.C4H9NO/c1-5-3-7-4-6(2)8-5;1-3-6-4-2-5-1/h5-7H,3-4H2,1-2H3;5H,1-4H2. The fourth-order valence-electron chi connectivity index (χ4n) is 1.50. The Labute approximate surface area is 86.3 Å². The minimum absolute atomic E-state index is 0.402. The fraction of sp³-hybridized carbons (Fsp3) is 1.00. The zero-order chi connectivity index (χ0) is 10.2. The van der Waals surface area contributed by atoms with E-state index in [2.05, 4.69) is 24.5 Å². The predicted molar refractivity (Wildman–Crippen MR) is 56.6 cm³/mol. The maximum Gasteiger partial charge on any atom is 0.0675 e. The minimum atomic E-state index is 0.402. The van der Waals surface area contributed by atoms with Gasteiger partial charge in [-0.15, -0.1) is 0 Å². The second kappa shape index (κ2) is 7.17. The normalized spacial score (nSPS) is 33.0. The lowest BCUT2D eigenvalue weighted by atomic mass is 10.3. The number of hydrogen-bond acceptors (Lipinski definition) is 4. The summed E-state index contributed by atoms with van der Waals surface area (Å²) in [4.78, 5) is 0. The van der Waals surface area contributed by atoms with E-state index in [0.717, 1.165) is 39.4 Å². The van der Waals surface area contributed by atoms with Gasteiger partial charge in [-0.05, 0) is 13.8 Å². The zero-order valence-electron chi connectivity index (χ0n) is 9.21. The molecule has 2 heterocycles. The van der Waals surface area contributed by atoms with Crippen LogP contribution >= 0.6 is 0 Å². The second-order valence-corrected chi connectivity index (χ2v) is 3.78. The molecule has 2 saturated heterocycles. The summed E-state index contributed by atoms with van der Waals surface area (Å²) < 4.78 is 10.4. The summed E-state index contributed by atoms with van der Waals surface area (Å²) >= 11 is 0. The molecule has 0 radical (unpaired) electrons. The van der Waals surface area contributed by atoms with Crippen molar-refractivity contribution in [3.8, 4) is 0 Å². The van der Waals surface area contributed by atoms with Crippen LogP contribution in [0.4, 0.5) is 0 Å². The number of rotatable bonds is 0. The highest BCUT2D eigenvalue weighted by molar-refractivity contribution is 4.66. The van der Waals surface area contributed by atoms with Crippen molar-refractivity contribution in [3.63, 3.8) is 0 Å². The van der Waals surface area contributed by atoms with Gasteiger partial charge in [0.15, 0.2) is 0 Å². The number of ether oxygens (including phenoxy) is 2. The van der Waals surface area contributed by atoms with Crippen molar-refractivity contribution in [2.24, 2.45) is 0 Å². The molecule has 0 saturated carbocycles. The van der Waals surface area contributed by atoms with E-state index in [1.165, 1.54) is 0 Å². The van der Waals surface area contributed by atoms with E-state index in [1.807, 2.05) is 0 Å². The molecule has 2 N–H and O–H groups in total. The minimum Gasteiger partial charge on any atom is -0.379 e. The monoisotopic (exact) mass is 202 g/mol. The molecule has 2 aliphatic heterocycles. The Hall–Kier alpha value is -0.160. The molecule has 2 rings (SSSR count). The maximum atomic E-state index is 5.42. The molecule has 4 heteroatoms. The Morgan fingerprint density at radius 2 is 1.50 bits per heavy atom. The van der Waals surface area contributed by atoms with Crippen LogP contribution in [0.15, 0.2) is 0 Å². The van der Waals surface area contributed by atoms with Crippen LogP contribution in [-0.2, 0) is 9.47 Å². The topological polar surface area (TPSA) is 42.5 Å². The van der Waals surface area contributed by atoms with Gasteiger partial charge in [0.05, 0.1) is 25.4 Å². The van der Waals surface area contributed by atoms with Crippen LogP contribution < -0.4 is 10.6 Å². The number of nitrogens with one attached hydrogen (secondary N) is 2. The quantitative estimate of drug-likeness (QED) is 0.580. The van der Waals surface area contributed by atoms with Crippen molar-refractivity contribution in [1.29, 1.82) is 0 Å². The van der Waals surface area contributed by atoms with Crippen LogP contribution in [0, 0.1) is 0 Å². The molecule has 84 valence electrons. The fourth-order valence-corrected chi connectivity index (χ4v) is 1.50. The van der Waals surface area contributed by atoms with Gasteiger partial charge in [0, 0.05) is 26.2 Å². The van der Waals surface area contributed by atoms with E-state index in [-0.39, 0.29) is 0 Å². The van der Waals surface area contributed by atoms with Crippen LogP contribution in [0.1, 0.15) is 13.8 Å². The van der Waals surface area contributed by atoms with E-state index in [4.69, 9.17) is 9.47 Å². The van der Waals surface area contributed by atoms with Gasteiger partial charge >= 0.3 is 0 Å². The van der Waals surface area contributed by atoms with E-state index in [0.29, 0.717) is 12.2 Å². The van der Waals surface area contributed by atoms with Gasteiger partial charge in [-0.25, -0.2) is 0 Å². The molecule has 0 aromatic heterocycles. The highest BCUT2D eigenvalue weighted by atomic mass is 16.5. The van der Waals surface area contributed by atoms with Crippen molar-refractivity contribution < 1.29 is 9.47 Å². The predicted octanol–water partition coefficient (Wildman–Crippen LogP) is -0.0106. The van der Waals surface area contributed by atoms with Crippen molar-refractivity contribution in [1.82, 2.24) is 10.6 Å². The van der Waals surface area contributed by atoms with Crippen LogP contribution in [0.25, 0.3) is 0 Å². The highest BCUT2D eigenvalue weighted by Crippen LogP contribution is 2.00. The Morgan fingerprint density at radius 1 is 0.929 bits per heavy atom. The first-order valence-corrected chi connectivity index (χ1v) is 5.43. The van der Waals surface area contributed by atoms with Crippen molar-refractivity contribution in [3.05, 3.63) is 0 Å². The molecule has 4 nitrogen and oxygen atoms in total. The highest BCUT2D eigenvalue weighted by Gasteiger charge is 2.12. The molecule has 0 aromatic carbocycles. The average molecular weight is 202 g/mol.